The van der Waals surface area contributed by atoms with E-state index in [1.165, 1.54) is 0 Å². The number of anilines is 2. The molecule has 0 unspecified atom stereocenters. The Morgan fingerprint density at radius 3 is 2.26 bits per heavy atom. The van der Waals surface area contributed by atoms with E-state index in [0.29, 0.717) is 31.9 Å². The van der Waals surface area contributed by atoms with Crippen LogP contribution in [0.5, 0.6) is 0 Å². The van der Waals surface area contributed by atoms with E-state index < -0.39 is 11.9 Å². The van der Waals surface area contributed by atoms with Gasteiger partial charge in [-0.3, -0.25) is 4.98 Å². The Bertz CT molecular complexity index is 967. The zero-order valence-electron chi connectivity index (χ0n) is 14.6. The average molecular weight is 374 g/mol. The molecule has 0 radical (unpaired) electrons. The number of rotatable bonds is 2. The highest BCUT2D eigenvalue weighted by Crippen LogP contribution is 2.29. The molecule has 6 nitrogen and oxygen atoms in total. The molecule has 3 heterocycles. The Balaban J connectivity index is 1.51. The molecule has 0 spiro atoms. The molecule has 1 aliphatic heterocycles. The van der Waals surface area contributed by atoms with Crippen molar-refractivity contribution in [3.05, 3.63) is 47.9 Å². The SMILES string of the molecule is Cc1cc(C(F)(F)F)nc(N2CCN(c3cnc4ccccc4n3)CC2)n1. The van der Waals surface area contributed by atoms with Gasteiger partial charge in [-0.1, -0.05) is 12.1 Å². The maximum atomic E-state index is 13.0. The quantitative estimate of drug-likeness (QED) is 0.687. The Morgan fingerprint density at radius 1 is 0.889 bits per heavy atom. The highest BCUT2D eigenvalue weighted by atomic mass is 19.4. The molecule has 1 fully saturated rings. The van der Waals surface area contributed by atoms with E-state index in [0.717, 1.165) is 22.9 Å². The topological polar surface area (TPSA) is 58.0 Å². The summed E-state index contributed by atoms with van der Waals surface area (Å²) in [6, 6.07) is 8.58. The first kappa shape index (κ1) is 17.4. The lowest BCUT2D eigenvalue weighted by Crippen LogP contribution is -2.47. The Hall–Kier alpha value is -2.97. The van der Waals surface area contributed by atoms with Crippen molar-refractivity contribution in [2.75, 3.05) is 36.0 Å². The van der Waals surface area contributed by atoms with Gasteiger partial charge in [-0.15, -0.1) is 0 Å². The van der Waals surface area contributed by atoms with E-state index in [2.05, 4.69) is 24.8 Å². The molecule has 1 aromatic carbocycles. The van der Waals surface area contributed by atoms with E-state index in [1.54, 1.807) is 18.0 Å². The number of alkyl halides is 3. The van der Waals surface area contributed by atoms with Crippen LogP contribution in [0.15, 0.2) is 36.5 Å². The zero-order chi connectivity index (χ0) is 19.0. The fourth-order valence-corrected chi connectivity index (χ4v) is 3.07. The van der Waals surface area contributed by atoms with Gasteiger partial charge >= 0.3 is 6.18 Å². The number of nitrogens with zero attached hydrogens (tertiary/aromatic N) is 6. The van der Waals surface area contributed by atoms with Crippen LogP contribution in [0.2, 0.25) is 0 Å². The van der Waals surface area contributed by atoms with Crippen molar-refractivity contribution in [2.45, 2.75) is 13.1 Å². The second kappa shape index (κ2) is 6.64. The summed E-state index contributed by atoms with van der Waals surface area (Å²) in [4.78, 5) is 20.8. The van der Waals surface area contributed by atoms with Crippen molar-refractivity contribution in [1.29, 1.82) is 0 Å². The summed E-state index contributed by atoms with van der Waals surface area (Å²) in [5.74, 6) is 0.876. The first-order valence-corrected chi connectivity index (χ1v) is 8.55. The maximum absolute atomic E-state index is 13.0. The molecular weight excluding hydrogens is 357 g/mol. The van der Waals surface area contributed by atoms with Crippen LogP contribution in [0.25, 0.3) is 11.0 Å². The molecule has 9 heteroatoms. The maximum Gasteiger partial charge on any atom is 0.433 e. The van der Waals surface area contributed by atoms with E-state index in [-0.39, 0.29) is 5.95 Å². The average Bonchev–Trinajstić information content (AvgIpc) is 2.66. The van der Waals surface area contributed by atoms with Crippen LogP contribution < -0.4 is 9.80 Å². The molecule has 0 atom stereocenters. The smallest absolute Gasteiger partial charge is 0.352 e. The largest absolute Gasteiger partial charge is 0.433 e. The molecule has 4 rings (SSSR count). The van der Waals surface area contributed by atoms with Gasteiger partial charge in [0.05, 0.1) is 17.2 Å². The molecule has 0 aliphatic carbocycles. The number of piperazine rings is 1. The van der Waals surface area contributed by atoms with E-state index in [1.807, 2.05) is 24.3 Å². The fourth-order valence-electron chi connectivity index (χ4n) is 3.07. The summed E-state index contributed by atoms with van der Waals surface area (Å²) in [5.41, 5.74) is 1.03. The molecule has 0 amide bonds. The molecule has 3 aromatic rings. The monoisotopic (exact) mass is 374 g/mol. The van der Waals surface area contributed by atoms with Crippen molar-refractivity contribution < 1.29 is 13.2 Å². The third-order valence-corrected chi connectivity index (χ3v) is 4.46. The van der Waals surface area contributed by atoms with Crippen molar-refractivity contribution >= 4 is 22.8 Å². The van der Waals surface area contributed by atoms with Gasteiger partial charge in [0, 0.05) is 31.9 Å². The van der Waals surface area contributed by atoms with Gasteiger partial charge in [0.25, 0.3) is 0 Å². The normalized spacial score (nSPS) is 15.4. The number of hydrogen-bond donors (Lipinski definition) is 0. The lowest BCUT2D eigenvalue weighted by molar-refractivity contribution is -0.141. The molecule has 2 aromatic heterocycles. The van der Waals surface area contributed by atoms with Crippen LogP contribution in [0, 0.1) is 6.92 Å². The van der Waals surface area contributed by atoms with Crippen LogP contribution in [-0.2, 0) is 6.18 Å². The standard InChI is InChI=1S/C18H17F3N6/c1-12-10-15(18(19,20)21)25-17(23-12)27-8-6-26(7-9-27)16-11-22-13-4-2-3-5-14(13)24-16/h2-5,10-11H,6-9H2,1H3. The first-order chi connectivity index (χ1) is 12.9. The van der Waals surface area contributed by atoms with Crippen molar-refractivity contribution in [3.63, 3.8) is 0 Å². The van der Waals surface area contributed by atoms with Gasteiger partial charge in [0.1, 0.15) is 11.5 Å². The lowest BCUT2D eigenvalue weighted by Gasteiger charge is -2.35. The Kier molecular flexibility index (Phi) is 4.29. The third-order valence-electron chi connectivity index (χ3n) is 4.46. The predicted octanol–water partition coefficient (Wildman–Crippen LogP) is 3.07. The number of hydrogen-bond acceptors (Lipinski definition) is 6. The molecule has 1 saturated heterocycles. The van der Waals surface area contributed by atoms with Gasteiger partial charge < -0.3 is 9.80 Å². The minimum Gasteiger partial charge on any atom is -0.352 e. The Labute approximate surface area is 153 Å². The molecule has 0 N–H and O–H groups in total. The Morgan fingerprint density at radius 2 is 1.56 bits per heavy atom. The second-order valence-electron chi connectivity index (χ2n) is 6.38. The van der Waals surface area contributed by atoms with E-state index in [9.17, 15) is 13.2 Å². The number of para-hydroxylation sites is 2. The molecule has 0 bridgehead atoms. The van der Waals surface area contributed by atoms with Gasteiger partial charge in [-0.25, -0.2) is 15.0 Å². The summed E-state index contributed by atoms with van der Waals surface area (Å²) in [6.07, 6.45) is -2.76. The molecule has 27 heavy (non-hydrogen) atoms. The second-order valence-corrected chi connectivity index (χ2v) is 6.38. The summed E-state index contributed by atoms with van der Waals surface area (Å²) in [6.45, 7) is 3.77. The van der Waals surface area contributed by atoms with Gasteiger partial charge in [0.2, 0.25) is 5.95 Å². The predicted molar refractivity (Wildman–Crippen MR) is 95.7 cm³/mol. The number of aromatic nitrogens is 4. The fraction of sp³-hybridized carbons (Fsp3) is 0.333. The van der Waals surface area contributed by atoms with Crippen LogP contribution >= 0.6 is 0 Å². The number of benzene rings is 1. The zero-order valence-corrected chi connectivity index (χ0v) is 14.6. The summed E-state index contributed by atoms with van der Waals surface area (Å²) >= 11 is 0. The van der Waals surface area contributed by atoms with E-state index >= 15 is 0 Å². The minimum atomic E-state index is -4.48. The van der Waals surface area contributed by atoms with Crippen LogP contribution in [-0.4, -0.2) is 46.1 Å². The summed E-state index contributed by atoms with van der Waals surface area (Å²) < 4.78 is 39.0. The van der Waals surface area contributed by atoms with Gasteiger partial charge in [-0.05, 0) is 25.1 Å². The lowest BCUT2D eigenvalue weighted by atomic mass is 10.3. The highest BCUT2D eigenvalue weighted by Gasteiger charge is 2.34. The number of fused-ring (bicyclic) bond motifs is 1. The summed E-state index contributed by atoms with van der Waals surface area (Å²) in [7, 11) is 0. The first-order valence-electron chi connectivity index (χ1n) is 8.55. The number of halogens is 3. The van der Waals surface area contributed by atoms with Crippen LogP contribution in [0.3, 0.4) is 0 Å². The molecule has 140 valence electrons. The molecule has 1 aliphatic rings. The van der Waals surface area contributed by atoms with Gasteiger partial charge in [-0.2, -0.15) is 13.2 Å². The van der Waals surface area contributed by atoms with Crippen LogP contribution in [0.4, 0.5) is 24.9 Å². The van der Waals surface area contributed by atoms with Crippen LogP contribution in [0.1, 0.15) is 11.4 Å². The van der Waals surface area contributed by atoms with Gasteiger partial charge in [0.15, 0.2) is 0 Å². The number of aryl methyl sites for hydroxylation is 1. The molecular formula is C18H17F3N6. The summed E-state index contributed by atoms with van der Waals surface area (Å²) in [5, 5.41) is 0. The van der Waals surface area contributed by atoms with Crippen molar-refractivity contribution in [1.82, 2.24) is 19.9 Å². The third kappa shape index (κ3) is 3.62. The van der Waals surface area contributed by atoms with Crippen molar-refractivity contribution in [3.8, 4) is 0 Å². The van der Waals surface area contributed by atoms with Crippen molar-refractivity contribution in [2.24, 2.45) is 0 Å². The van der Waals surface area contributed by atoms with E-state index in [4.69, 9.17) is 0 Å². The highest BCUT2D eigenvalue weighted by molar-refractivity contribution is 5.75. The minimum absolute atomic E-state index is 0.117. The molecule has 0 saturated carbocycles.